The molecule has 3 rings (SSSR count). The summed E-state index contributed by atoms with van der Waals surface area (Å²) in [4.78, 5) is 20.0. The van der Waals surface area contributed by atoms with Crippen molar-refractivity contribution in [3.8, 4) is 0 Å². The summed E-state index contributed by atoms with van der Waals surface area (Å²) in [5.41, 5.74) is 1.47. The van der Waals surface area contributed by atoms with Crippen LogP contribution >= 0.6 is 11.8 Å². The summed E-state index contributed by atoms with van der Waals surface area (Å²) in [5.74, 6) is 0. The minimum Gasteiger partial charge on any atom is -0.298 e. The number of nitrogens with zero attached hydrogens (tertiary/aromatic N) is 2. The maximum absolute atomic E-state index is 11.2. The number of hydrogen-bond acceptors (Lipinski definition) is 4. The van der Waals surface area contributed by atoms with Gasteiger partial charge in [-0.3, -0.25) is 4.79 Å². The number of carbonyl (C=O) groups is 1. The number of pyridine rings is 2. The van der Waals surface area contributed by atoms with Gasteiger partial charge in [-0.1, -0.05) is 24.3 Å². The Kier molecular flexibility index (Phi) is 3.25. The minimum absolute atomic E-state index is 0.592. The summed E-state index contributed by atoms with van der Waals surface area (Å²) >= 11 is 1.40. The third kappa shape index (κ3) is 2.48. The predicted molar refractivity (Wildman–Crippen MR) is 75.5 cm³/mol. The first-order valence-corrected chi connectivity index (χ1v) is 6.62. The number of carbonyl (C=O) groups excluding carboxylic acids is 1. The van der Waals surface area contributed by atoms with Crippen molar-refractivity contribution in [2.75, 3.05) is 0 Å². The van der Waals surface area contributed by atoms with E-state index in [1.54, 1.807) is 6.20 Å². The second-order valence-corrected chi connectivity index (χ2v) is 4.97. The van der Waals surface area contributed by atoms with E-state index >= 15 is 0 Å². The number of para-hydroxylation sites is 1. The number of fused-ring (bicyclic) bond motifs is 1. The molecule has 0 saturated carbocycles. The molecule has 2 heterocycles. The first kappa shape index (κ1) is 11.9. The highest BCUT2D eigenvalue weighted by atomic mass is 32.2. The van der Waals surface area contributed by atoms with Crippen molar-refractivity contribution in [1.29, 1.82) is 0 Å². The number of hydrogen-bond donors (Lipinski definition) is 0. The van der Waals surface area contributed by atoms with Crippen LogP contribution in [0.1, 0.15) is 10.4 Å². The zero-order valence-electron chi connectivity index (χ0n) is 9.98. The monoisotopic (exact) mass is 266 g/mol. The summed E-state index contributed by atoms with van der Waals surface area (Å²) in [6.45, 7) is 0. The lowest BCUT2D eigenvalue weighted by Crippen LogP contribution is -1.92. The van der Waals surface area contributed by atoms with Crippen LogP contribution in [0, 0.1) is 0 Å². The Morgan fingerprint density at radius 1 is 1.05 bits per heavy atom. The molecule has 0 aliphatic carbocycles. The lowest BCUT2D eigenvalue weighted by atomic mass is 10.2. The molecule has 0 saturated heterocycles. The third-order valence-electron chi connectivity index (χ3n) is 2.68. The summed E-state index contributed by atoms with van der Waals surface area (Å²) in [5, 5.41) is 2.48. The highest BCUT2D eigenvalue weighted by Crippen LogP contribution is 2.28. The van der Waals surface area contributed by atoms with Crippen LogP contribution in [0.25, 0.3) is 10.9 Å². The number of benzene rings is 1. The molecule has 3 nitrogen and oxygen atoms in total. The fraction of sp³-hybridized carbons (Fsp3) is 0. The zero-order chi connectivity index (χ0) is 13.1. The first-order valence-electron chi connectivity index (χ1n) is 5.81. The van der Waals surface area contributed by atoms with Crippen molar-refractivity contribution in [2.45, 2.75) is 10.1 Å². The van der Waals surface area contributed by atoms with E-state index < -0.39 is 0 Å². The molecule has 92 valence electrons. The lowest BCUT2D eigenvalue weighted by Gasteiger charge is -2.05. The molecule has 0 fully saturated rings. The van der Waals surface area contributed by atoms with E-state index in [1.807, 2.05) is 48.5 Å². The van der Waals surface area contributed by atoms with Gasteiger partial charge >= 0.3 is 0 Å². The largest absolute Gasteiger partial charge is 0.298 e. The standard InChI is InChI=1S/C15H10N2OS/c18-10-12-9-11-5-1-2-6-13(11)17-15(12)19-14-7-3-4-8-16-14/h1-10H. The first-order chi connectivity index (χ1) is 9.36. The molecule has 2 aromatic heterocycles. The quantitative estimate of drug-likeness (QED) is 0.679. The van der Waals surface area contributed by atoms with Gasteiger partial charge in [-0.15, -0.1) is 0 Å². The van der Waals surface area contributed by atoms with Crippen LogP contribution in [0.3, 0.4) is 0 Å². The average molecular weight is 266 g/mol. The fourth-order valence-corrected chi connectivity index (χ4v) is 2.61. The maximum atomic E-state index is 11.2. The highest BCUT2D eigenvalue weighted by molar-refractivity contribution is 7.99. The van der Waals surface area contributed by atoms with E-state index in [9.17, 15) is 4.79 Å². The van der Waals surface area contributed by atoms with E-state index in [4.69, 9.17) is 0 Å². The number of aldehydes is 1. The van der Waals surface area contributed by atoms with Crippen LogP contribution in [-0.2, 0) is 0 Å². The molecule has 0 N–H and O–H groups in total. The Morgan fingerprint density at radius 2 is 1.89 bits per heavy atom. The van der Waals surface area contributed by atoms with Gasteiger partial charge in [0.25, 0.3) is 0 Å². The maximum Gasteiger partial charge on any atom is 0.152 e. The Bertz CT molecular complexity index is 729. The SMILES string of the molecule is O=Cc1cc2ccccc2nc1Sc1ccccn1. The van der Waals surface area contributed by atoms with Crippen LogP contribution in [0.15, 0.2) is 64.8 Å². The summed E-state index contributed by atoms with van der Waals surface area (Å²) < 4.78 is 0. The van der Waals surface area contributed by atoms with Gasteiger partial charge in [0.15, 0.2) is 6.29 Å². The molecule has 0 atom stereocenters. The predicted octanol–water partition coefficient (Wildman–Crippen LogP) is 3.59. The molecule has 0 bridgehead atoms. The van der Waals surface area contributed by atoms with Gasteiger partial charge in [-0.05, 0) is 36.0 Å². The second kappa shape index (κ2) is 5.20. The minimum atomic E-state index is 0.592. The van der Waals surface area contributed by atoms with Gasteiger partial charge in [0.05, 0.1) is 5.52 Å². The molecule has 0 spiro atoms. The van der Waals surface area contributed by atoms with E-state index in [0.29, 0.717) is 10.6 Å². The summed E-state index contributed by atoms with van der Waals surface area (Å²) in [6, 6.07) is 15.3. The Labute approximate surface area is 114 Å². The molecule has 1 aromatic carbocycles. The van der Waals surface area contributed by atoms with Crippen LogP contribution in [0.4, 0.5) is 0 Å². The van der Waals surface area contributed by atoms with Crippen molar-refractivity contribution in [3.63, 3.8) is 0 Å². The third-order valence-corrected chi connectivity index (χ3v) is 3.65. The molecular formula is C15H10N2OS. The van der Waals surface area contributed by atoms with Gasteiger partial charge in [0.2, 0.25) is 0 Å². The number of rotatable bonds is 3. The van der Waals surface area contributed by atoms with E-state index in [0.717, 1.165) is 22.2 Å². The van der Waals surface area contributed by atoms with Gasteiger partial charge in [-0.2, -0.15) is 0 Å². The molecule has 0 radical (unpaired) electrons. The van der Waals surface area contributed by atoms with Gasteiger partial charge < -0.3 is 0 Å². The van der Waals surface area contributed by atoms with Gasteiger partial charge in [0.1, 0.15) is 10.1 Å². The normalized spacial score (nSPS) is 10.5. The number of aromatic nitrogens is 2. The summed E-state index contributed by atoms with van der Waals surface area (Å²) in [7, 11) is 0. The van der Waals surface area contributed by atoms with Crippen molar-refractivity contribution >= 4 is 29.0 Å². The molecule has 4 heteroatoms. The zero-order valence-corrected chi connectivity index (χ0v) is 10.8. The van der Waals surface area contributed by atoms with Crippen molar-refractivity contribution in [3.05, 3.63) is 60.3 Å². The van der Waals surface area contributed by atoms with E-state index in [2.05, 4.69) is 9.97 Å². The topological polar surface area (TPSA) is 42.9 Å². The van der Waals surface area contributed by atoms with E-state index in [-0.39, 0.29) is 0 Å². The molecule has 0 aliphatic rings. The van der Waals surface area contributed by atoms with Crippen molar-refractivity contribution in [1.82, 2.24) is 9.97 Å². The van der Waals surface area contributed by atoms with Crippen molar-refractivity contribution in [2.24, 2.45) is 0 Å². The molecule has 0 amide bonds. The Balaban J connectivity index is 2.09. The van der Waals surface area contributed by atoms with Gasteiger partial charge in [0, 0.05) is 17.1 Å². The van der Waals surface area contributed by atoms with Crippen LogP contribution in [0.5, 0.6) is 0 Å². The average Bonchev–Trinajstić information content (AvgIpc) is 2.47. The van der Waals surface area contributed by atoms with Crippen LogP contribution in [-0.4, -0.2) is 16.3 Å². The van der Waals surface area contributed by atoms with Crippen LogP contribution < -0.4 is 0 Å². The fourth-order valence-electron chi connectivity index (χ4n) is 1.79. The Hall–Kier alpha value is -2.20. The Morgan fingerprint density at radius 3 is 2.68 bits per heavy atom. The van der Waals surface area contributed by atoms with Crippen LogP contribution in [0.2, 0.25) is 0 Å². The molecule has 19 heavy (non-hydrogen) atoms. The molecular weight excluding hydrogens is 256 g/mol. The molecule has 3 aromatic rings. The smallest absolute Gasteiger partial charge is 0.152 e. The van der Waals surface area contributed by atoms with Gasteiger partial charge in [-0.25, -0.2) is 9.97 Å². The molecule has 0 aliphatic heterocycles. The van der Waals surface area contributed by atoms with Crippen molar-refractivity contribution < 1.29 is 4.79 Å². The lowest BCUT2D eigenvalue weighted by molar-refractivity contribution is 0.112. The second-order valence-electron chi connectivity index (χ2n) is 3.96. The highest BCUT2D eigenvalue weighted by Gasteiger charge is 2.08. The summed E-state index contributed by atoms with van der Waals surface area (Å²) in [6.07, 6.45) is 2.56. The van der Waals surface area contributed by atoms with E-state index in [1.165, 1.54) is 11.8 Å². The molecule has 0 unspecified atom stereocenters.